The van der Waals surface area contributed by atoms with E-state index in [4.69, 9.17) is 14.2 Å². The number of ether oxygens (including phenoxy) is 3. The highest BCUT2D eigenvalue weighted by molar-refractivity contribution is 5.75. The minimum atomic E-state index is -0.383. The summed E-state index contributed by atoms with van der Waals surface area (Å²) in [5, 5.41) is 0. The van der Waals surface area contributed by atoms with E-state index in [1.807, 2.05) is 20.8 Å². The fraction of sp³-hybridized carbons (Fsp3) is 0.941. The summed E-state index contributed by atoms with van der Waals surface area (Å²) in [6.45, 7) is 10.1. The molecule has 1 saturated carbocycles. The maximum absolute atomic E-state index is 12.1. The molecule has 4 nitrogen and oxygen atoms in total. The number of carbonyl (C=O) groups is 1. The summed E-state index contributed by atoms with van der Waals surface area (Å²) in [7, 11) is 1.69. The molecular formula is C17H32O4. The maximum atomic E-state index is 12.1. The van der Waals surface area contributed by atoms with Gasteiger partial charge in [0.1, 0.15) is 6.10 Å². The molecular weight excluding hydrogens is 268 g/mol. The number of hydrogen-bond donors (Lipinski definition) is 0. The Morgan fingerprint density at radius 3 is 2.10 bits per heavy atom. The Morgan fingerprint density at radius 1 is 1.14 bits per heavy atom. The average Bonchev–Trinajstić information content (AvgIpc) is 2.45. The zero-order valence-corrected chi connectivity index (χ0v) is 14.5. The van der Waals surface area contributed by atoms with E-state index in [1.165, 1.54) is 0 Å². The largest absolute Gasteiger partial charge is 0.462 e. The van der Waals surface area contributed by atoms with E-state index < -0.39 is 0 Å². The first kappa shape index (κ1) is 18.4. The lowest BCUT2D eigenvalue weighted by Gasteiger charge is -2.33. The number of hydrogen-bond acceptors (Lipinski definition) is 4. The van der Waals surface area contributed by atoms with Gasteiger partial charge < -0.3 is 14.2 Å². The predicted molar refractivity (Wildman–Crippen MR) is 82.9 cm³/mol. The molecule has 0 spiro atoms. The van der Waals surface area contributed by atoms with Gasteiger partial charge in [0.05, 0.1) is 11.5 Å². The molecule has 4 heteroatoms. The summed E-state index contributed by atoms with van der Waals surface area (Å²) in [6, 6.07) is 0. The molecule has 1 fully saturated rings. The topological polar surface area (TPSA) is 44.8 Å². The van der Waals surface area contributed by atoms with Gasteiger partial charge in [0.15, 0.2) is 6.29 Å². The van der Waals surface area contributed by atoms with Crippen LogP contribution in [0.15, 0.2) is 0 Å². The first-order valence-electron chi connectivity index (χ1n) is 8.19. The lowest BCUT2D eigenvalue weighted by atomic mass is 9.90. The van der Waals surface area contributed by atoms with Crippen LogP contribution in [0, 0.1) is 11.3 Å². The molecule has 1 rings (SSSR count). The van der Waals surface area contributed by atoms with E-state index >= 15 is 0 Å². The molecule has 1 aliphatic carbocycles. The van der Waals surface area contributed by atoms with Crippen LogP contribution in [0.3, 0.4) is 0 Å². The fourth-order valence-corrected chi connectivity index (χ4v) is 2.42. The van der Waals surface area contributed by atoms with Gasteiger partial charge in [-0.15, -0.1) is 0 Å². The van der Waals surface area contributed by atoms with E-state index in [9.17, 15) is 4.79 Å². The molecule has 0 radical (unpaired) electrons. The van der Waals surface area contributed by atoms with Gasteiger partial charge in [0, 0.05) is 13.0 Å². The van der Waals surface area contributed by atoms with E-state index in [2.05, 4.69) is 13.8 Å². The van der Waals surface area contributed by atoms with Gasteiger partial charge in [0.2, 0.25) is 0 Å². The Kier molecular flexibility index (Phi) is 7.14. The van der Waals surface area contributed by atoms with Gasteiger partial charge in [-0.25, -0.2) is 0 Å². The van der Waals surface area contributed by atoms with Crippen LogP contribution in [0.2, 0.25) is 0 Å². The molecule has 0 aliphatic heterocycles. The Bertz CT molecular complexity index is 317. The third-order valence-electron chi connectivity index (χ3n) is 4.43. The van der Waals surface area contributed by atoms with Crippen LogP contribution >= 0.6 is 0 Å². The van der Waals surface area contributed by atoms with Crippen LogP contribution in [0.5, 0.6) is 0 Å². The molecule has 0 saturated heterocycles. The van der Waals surface area contributed by atoms with E-state index in [0.29, 0.717) is 5.92 Å². The molecule has 0 N–H and O–H groups in total. The molecule has 1 unspecified atom stereocenters. The van der Waals surface area contributed by atoms with Gasteiger partial charge in [-0.3, -0.25) is 4.79 Å². The second-order valence-electron chi connectivity index (χ2n) is 7.03. The van der Waals surface area contributed by atoms with Gasteiger partial charge >= 0.3 is 5.97 Å². The van der Waals surface area contributed by atoms with Crippen molar-refractivity contribution in [3.8, 4) is 0 Å². The van der Waals surface area contributed by atoms with Crippen LogP contribution in [0.1, 0.15) is 66.7 Å². The molecule has 124 valence electrons. The van der Waals surface area contributed by atoms with Crippen molar-refractivity contribution in [1.29, 1.82) is 0 Å². The molecule has 21 heavy (non-hydrogen) atoms. The molecule has 0 aromatic heterocycles. The smallest absolute Gasteiger partial charge is 0.311 e. The highest BCUT2D eigenvalue weighted by Gasteiger charge is 2.32. The van der Waals surface area contributed by atoms with Crippen LogP contribution < -0.4 is 0 Å². The zero-order valence-electron chi connectivity index (χ0n) is 14.5. The highest BCUT2D eigenvalue weighted by Crippen LogP contribution is 2.29. The van der Waals surface area contributed by atoms with Crippen LogP contribution in [-0.2, 0) is 19.0 Å². The second-order valence-corrected chi connectivity index (χ2v) is 7.03. The molecule has 0 amide bonds. The fourth-order valence-electron chi connectivity index (χ4n) is 2.42. The minimum Gasteiger partial charge on any atom is -0.462 e. The number of rotatable bonds is 7. The third-order valence-corrected chi connectivity index (χ3v) is 4.43. The molecule has 1 atom stereocenters. The second kappa shape index (κ2) is 8.14. The Hall–Kier alpha value is -0.610. The number of esters is 1. The summed E-state index contributed by atoms with van der Waals surface area (Å²) in [5.74, 6) is 0.266. The molecule has 1 aliphatic rings. The molecule has 0 heterocycles. The van der Waals surface area contributed by atoms with Crippen molar-refractivity contribution in [2.24, 2.45) is 11.3 Å². The van der Waals surface area contributed by atoms with Crippen molar-refractivity contribution >= 4 is 5.97 Å². The quantitative estimate of drug-likeness (QED) is 0.528. The van der Waals surface area contributed by atoms with Crippen LogP contribution in [0.25, 0.3) is 0 Å². The average molecular weight is 300 g/mol. The molecule has 0 aromatic carbocycles. The van der Waals surface area contributed by atoms with Crippen molar-refractivity contribution in [2.45, 2.75) is 85.2 Å². The SMILES string of the molecule is CCC(C)(C)C(=O)OC1CCC(OC(OC)C(C)C)CC1. The first-order valence-corrected chi connectivity index (χ1v) is 8.19. The van der Waals surface area contributed by atoms with Gasteiger partial charge in [-0.2, -0.15) is 0 Å². The monoisotopic (exact) mass is 300 g/mol. The summed E-state index contributed by atoms with van der Waals surface area (Å²) in [6.07, 6.45) is 4.53. The van der Waals surface area contributed by atoms with Crippen molar-refractivity contribution in [2.75, 3.05) is 7.11 Å². The van der Waals surface area contributed by atoms with Crippen molar-refractivity contribution < 1.29 is 19.0 Å². The molecule has 0 aromatic rings. The normalized spacial score (nSPS) is 24.9. The third kappa shape index (κ3) is 5.59. The van der Waals surface area contributed by atoms with E-state index in [1.54, 1.807) is 7.11 Å². The van der Waals surface area contributed by atoms with Crippen LogP contribution in [-0.4, -0.2) is 31.6 Å². The Labute approximate surface area is 129 Å². The standard InChI is InChI=1S/C17H32O4/c1-7-17(4,5)16(18)21-14-10-8-13(9-11-14)20-15(19-6)12(2)3/h12-15H,7-11H2,1-6H3. The summed E-state index contributed by atoms with van der Waals surface area (Å²) >= 11 is 0. The lowest BCUT2D eigenvalue weighted by molar-refractivity contribution is -0.190. The Morgan fingerprint density at radius 2 is 1.67 bits per heavy atom. The van der Waals surface area contributed by atoms with Crippen molar-refractivity contribution in [3.63, 3.8) is 0 Å². The van der Waals surface area contributed by atoms with Gasteiger partial charge in [-0.1, -0.05) is 20.8 Å². The zero-order chi connectivity index (χ0) is 16.0. The summed E-state index contributed by atoms with van der Waals surface area (Å²) in [4.78, 5) is 12.1. The summed E-state index contributed by atoms with van der Waals surface area (Å²) < 4.78 is 17.0. The number of carbonyl (C=O) groups excluding carboxylic acids is 1. The first-order chi connectivity index (χ1) is 9.80. The van der Waals surface area contributed by atoms with Gasteiger partial charge in [0.25, 0.3) is 0 Å². The maximum Gasteiger partial charge on any atom is 0.311 e. The van der Waals surface area contributed by atoms with Gasteiger partial charge in [-0.05, 0) is 46.0 Å². The summed E-state index contributed by atoms with van der Waals surface area (Å²) in [5.41, 5.74) is -0.383. The minimum absolute atomic E-state index is 0.0446. The Balaban J connectivity index is 2.37. The lowest BCUT2D eigenvalue weighted by Crippen LogP contribution is -2.35. The van der Waals surface area contributed by atoms with Crippen LogP contribution in [0.4, 0.5) is 0 Å². The predicted octanol–water partition coefficient (Wildman–Crippen LogP) is 3.92. The van der Waals surface area contributed by atoms with Crippen molar-refractivity contribution in [3.05, 3.63) is 0 Å². The van der Waals surface area contributed by atoms with E-state index in [0.717, 1.165) is 32.1 Å². The highest BCUT2D eigenvalue weighted by atomic mass is 16.7. The number of methoxy groups -OCH3 is 1. The molecule has 0 bridgehead atoms. The van der Waals surface area contributed by atoms with E-state index in [-0.39, 0.29) is 29.9 Å². The van der Waals surface area contributed by atoms with Crippen molar-refractivity contribution in [1.82, 2.24) is 0 Å².